The summed E-state index contributed by atoms with van der Waals surface area (Å²) in [4.78, 5) is 33.0. The monoisotopic (exact) mass is 447 g/mol. The fourth-order valence-electron chi connectivity index (χ4n) is 3.32. The summed E-state index contributed by atoms with van der Waals surface area (Å²) in [6.07, 6.45) is 2.62. The molecule has 0 saturated heterocycles. The van der Waals surface area contributed by atoms with Gasteiger partial charge in [0, 0.05) is 26.2 Å². The van der Waals surface area contributed by atoms with Gasteiger partial charge in [-0.2, -0.15) is 0 Å². The number of hydrogen-bond acceptors (Lipinski definition) is 8. The van der Waals surface area contributed by atoms with E-state index in [1.54, 1.807) is 17.6 Å². The molecule has 0 fully saturated rings. The molecule has 1 aliphatic heterocycles. The number of carbonyl (C=O) groups is 2. The van der Waals surface area contributed by atoms with Gasteiger partial charge in [0.2, 0.25) is 11.1 Å². The number of para-hydroxylation sites is 1. The maximum Gasteiger partial charge on any atom is 0.274 e. The molecular weight excluding hydrogens is 426 g/mol. The number of aromatic amines is 1. The van der Waals surface area contributed by atoms with Gasteiger partial charge in [-0.15, -0.1) is 10.2 Å². The number of fused-ring (bicyclic) bond motifs is 2. The van der Waals surface area contributed by atoms with Crippen molar-refractivity contribution in [1.29, 1.82) is 0 Å². The van der Waals surface area contributed by atoms with E-state index in [1.165, 1.54) is 16.9 Å². The van der Waals surface area contributed by atoms with Crippen molar-refractivity contribution < 1.29 is 9.59 Å². The minimum Gasteiger partial charge on any atom is -0.366 e. The average Bonchev–Trinajstić information content (AvgIpc) is 3.48. The molecule has 4 aromatic rings. The van der Waals surface area contributed by atoms with Gasteiger partial charge in [0.25, 0.3) is 5.91 Å². The van der Waals surface area contributed by atoms with E-state index in [0.29, 0.717) is 34.8 Å². The van der Waals surface area contributed by atoms with Gasteiger partial charge in [-0.25, -0.2) is 4.98 Å². The molecule has 0 spiro atoms. The Kier molecular flexibility index (Phi) is 6.22. The number of benzene rings is 2. The molecule has 32 heavy (non-hydrogen) atoms. The zero-order valence-electron chi connectivity index (χ0n) is 17.5. The van der Waals surface area contributed by atoms with Gasteiger partial charge in [-0.1, -0.05) is 41.7 Å². The summed E-state index contributed by atoms with van der Waals surface area (Å²) in [6, 6.07) is 13.3. The van der Waals surface area contributed by atoms with Crippen molar-refractivity contribution in [2.75, 3.05) is 24.7 Å². The fourth-order valence-corrected chi connectivity index (χ4v) is 3.72. The van der Waals surface area contributed by atoms with E-state index in [0.717, 1.165) is 17.0 Å². The minimum atomic E-state index is -0.247. The number of nitrogens with zero attached hydrogens (tertiary/aromatic N) is 4. The van der Waals surface area contributed by atoms with Crippen molar-refractivity contribution >= 4 is 51.7 Å². The number of rotatable bonds is 4. The van der Waals surface area contributed by atoms with Crippen LogP contribution < -0.4 is 10.6 Å². The highest BCUT2D eigenvalue weighted by atomic mass is 32.1. The van der Waals surface area contributed by atoms with Crippen LogP contribution in [0.25, 0.3) is 17.1 Å². The largest absolute Gasteiger partial charge is 0.366 e. The molecular formula is C22H21N7O2S. The molecule has 0 saturated carbocycles. The summed E-state index contributed by atoms with van der Waals surface area (Å²) in [5.41, 5.74) is 6.21. The zero-order chi connectivity index (χ0) is 22.5. The van der Waals surface area contributed by atoms with Crippen molar-refractivity contribution in [3.63, 3.8) is 0 Å². The molecule has 3 N–H and O–H groups in total. The standard InChI is InChI=1S/C19H16N4O2.C3H5N3S/c1-23-10-13-6-3-2-5-12(13)9-16(23)18(25)22-19-20-15-8-4-7-14(11-24)17(15)21-19;1-4-3-6-5-2-7-3/h2-9,11H,10H2,1H3,(H2,20,21,22,25);2H,1H3,(H,4,6). The number of imidazole rings is 1. The van der Waals surface area contributed by atoms with Crippen molar-refractivity contribution in [3.05, 3.63) is 70.4 Å². The molecule has 1 aliphatic rings. The summed E-state index contributed by atoms with van der Waals surface area (Å²) in [5, 5.41) is 13.8. The van der Waals surface area contributed by atoms with Crippen molar-refractivity contribution in [1.82, 2.24) is 25.1 Å². The summed E-state index contributed by atoms with van der Waals surface area (Å²) < 4.78 is 0. The normalized spacial score (nSPS) is 12.3. The number of amides is 1. The predicted molar refractivity (Wildman–Crippen MR) is 125 cm³/mol. The van der Waals surface area contributed by atoms with Gasteiger partial charge in [0.15, 0.2) is 6.29 Å². The molecule has 1 amide bonds. The Morgan fingerprint density at radius 1 is 1.22 bits per heavy atom. The van der Waals surface area contributed by atoms with Gasteiger partial charge >= 0.3 is 0 Å². The van der Waals surface area contributed by atoms with E-state index in [1.807, 2.05) is 49.3 Å². The van der Waals surface area contributed by atoms with Crippen LogP contribution >= 0.6 is 11.3 Å². The second kappa shape index (κ2) is 9.40. The number of nitrogens with one attached hydrogen (secondary N) is 3. The Balaban J connectivity index is 0.000000300. The highest BCUT2D eigenvalue weighted by Gasteiger charge is 2.21. The van der Waals surface area contributed by atoms with Crippen LogP contribution in [0.2, 0.25) is 0 Å². The first kappa shape index (κ1) is 21.2. The highest BCUT2D eigenvalue weighted by molar-refractivity contribution is 7.13. The summed E-state index contributed by atoms with van der Waals surface area (Å²) in [6.45, 7) is 0.671. The third-order valence-corrected chi connectivity index (χ3v) is 5.58. The van der Waals surface area contributed by atoms with Gasteiger partial charge in [0.1, 0.15) is 16.7 Å². The van der Waals surface area contributed by atoms with Gasteiger partial charge in [-0.3, -0.25) is 14.9 Å². The van der Waals surface area contributed by atoms with Crippen LogP contribution in [0.5, 0.6) is 0 Å². The molecule has 10 heteroatoms. The smallest absolute Gasteiger partial charge is 0.274 e. The lowest BCUT2D eigenvalue weighted by Gasteiger charge is -2.27. The SMILES string of the molecule is CN1Cc2ccccc2C=C1C(=O)Nc1nc2c(C=O)cccc2[nH]1.CNc1nncs1. The average molecular weight is 448 g/mol. The van der Waals surface area contributed by atoms with Crippen LogP contribution in [0.15, 0.2) is 53.7 Å². The van der Waals surface area contributed by atoms with Gasteiger partial charge < -0.3 is 15.2 Å². The van der Waals surface area contributed by atoms with Crippen molar-refractivity contribution in [2.24, 2.45) is 0 Å². The number of aromatic nitrogens is 4. The lowest BCUT2D eigenvalue weighted by atomic mass is 10.0. The molecule has 0 atom stereocenters. The topological polar surface area (TPSA) is 116 Å². The lowest BCUT2D eigenvalue weighted by molar-refractivity contribution is -0.114. The van der Waals surface area contributed by atoms with Crippen LogP contribution in [0, 0.1) is 0 Å². The maximum absolute atomic E-state index is 12.7. The molecule has 0 aliphatic carbocycles. The van der Waals surface area contributed by atoms with E-state index in [4.69, 9.17) is 0 Å². The predicted octanol–water partition coefficient (Wildman–Crippen LogP) is 3.38. The molecule has 2 aromatic heterocycles. The van der Waals surface area contributed by atoms with E-state index in [2.05, 4.69) is 36.9 Å². The summed E-state index contributed by atoms with van der Waals surface area (Å²) in [7, 11) is 3.70. The first-order valence-electron chi connectivity index (χ1n) is 9.79. The van der Waals surface area contributed by atoms with Crippen molar-refractivity contribution in [3.8, 4) is 0 Å². The molecule has 162 valence electrons. The Labute approximate surface area is 188 Å². The van der Waals surface area contributed by atoms with Crippen molar-refractivity contribution in [2.45, 2.75) is 6.54 Å². The van der Waals surface area contributed by atoms with Crippen LogP contribution in [-0.2, 0) is 11.3 Å². The molecule has 0 unspecified atom stereocenters. The molecule has 3 heterocycles. The minimum absolute atomic E-state index is 0.247. The van der Waals surface area contributed by atoms with E-state index >= 15 is 0 Å². The van der Waals surface area contributed by atoms with E-state index in [-0.39, 0.29) is 5.91 Å². The maximum atomic E-state index is 12.7. The third kappa shape index (κ3) is 4.49. The summed E-state index contributed by atoms with van der Waals surface area (Å²) >= 11 is 1.49. The molecule has 0 bridgehead atoms. The second-order valence-corrected chi connectivity index (χ2v) is 7.81. The van der Waals surface area contributed by atoms with Gasteiger partial charge in [0.05, 0.1) is 5.52 Å². The number of hydrogen-bond donors (Lipinski definition) is 3. The zero-order valence-corrected chi connectivity index (χ0v) is 18.3. The van der Waals surface area contributed by atoms with Crippen LogP contribution in [0.4, 0.5) is 11.1 Å². The highest BCUT2D eigenvalue weighted by Crippen LogP contribution is 2.24. The van der Waals surface area contributed by atoms with E-state index in [9.17, 15) is 9.59 Å². The molecule has 0 radical (unpaired) electrons. The Morgan fingerprint density at radius 3 is 2.78 bits per heavy atom. The van der Waals surface area contributed by atoms with E-state index < -0.39 is 0 Å². The molecule has 5 rings (SSSR count). The quantitative estimate of drug-likeness (QED) is 0.411. The Hall–Kier alpha value is -4.05. The molecule has 9 nitrogen and oxygen atoms in total. The van der Waals surface area contributed by atoms with Gasteiger partial charge in [-0.05, 0) is 29.3 Å². The first-order valence-corrected chi connectivity index (χ1v) is 10.7. The molecule has 2 aromatic carbocycles. The van der Waals surface area contributed by atoms with Crippen LogP contribution in [0.3, 0.4) is 0 Å². The third-order valence-electron chi connectivity index (χ3n) is 4.88. The number of anilines is 2. The van der Waals surface area contributed by atoms with Crippen LogP contribution in [-0.4, -0.2) is 51.4 Å². The Morgan fingerprint density at radius 2 is 2.06 bits per heavy atom. The number of aldehydes is 1. The van der Waals surface area contributed by atoms with Crippen LogP contribution in [0.1, 0.15) is 21.5 Å². The Bertz CT molecular complexity index is 1280. The number of carbonyl (C=O) groups excluding carboxylic acids is 2. The second-order valence-electron chi connectivity index (χ2n) is 6.98. The summed E-state index contributed by atoms with van der Waals surface area (Å²) in [5.74, 6) is 0.0752. The lowest BCUT2D eigenvalue weighted by Crippen LogP contribution is -2.30. The fraction of sp³-hybridized carbons (Fsp3) is 0.136. The first-order chi connectivity index (χ1) is 15.6. The number of likely N-dealkylation sites (N-methyl/N-ethyl adjacent to an activating group) is 1. The number of H-pyrrole nitrogens is 1.